The third kappa shape index (κ3) is 4.96. The van der Waals surface area contributed by atoms with Gasteiger partial charge < -0.3 is 16.8 Å². The Hall–Kier alpha value is -3.13. The van der Waals surface area contributed by atoms with E-state index < -0.39 is 11.9 Å². The highest BCUT2D eigenvalue weighted by Gasteiger charge is 2.37. The maximum atomic E-state index is 13.3. The van der Waals surface area contributed by atoms with Gasteiger partial charge in [-0.25, -0.2) is 9.18 Å². The van der Waals surface area contributed by atoms with Crippen LogP contribution in [-0.2, 0) is 11.3 Å². The van der Waals surface area contributed by atoms with Gasteiger partial charge in [-0.1, -0.05) is 31.7 Å². The molecule has 5 N–H and O–H groups in total. The van der Waals surface area contributed by atoms with E-state index in [1.165, 1.54) is 17.0 Å². The Bertz CT molecular complexity index is 920. The summed E-state index contributed by atoms with van der Waals surface area (Å²) in [4.78, 5) is 27.8. The number of carbonyl (C=O) groups is 2. The fourth-order valence-corrected chi connectivity index (χ4v) is 3.68. The molecule has 0 aromatic heterocycles. The van der Waals surface area contributed by atoms with Gasteiger partial charge in [-0.05, 0) is 49.0 Å². The van der Waals surface area contributed by atoms with Crippen LogP contribution in [0.4, 0.5) is 9.18 Å². The summed E-state index contributed by atoms with van der Waals surface area (Å²) < 4.78 is 13.3. The Kier molecular flexibility index (Phi) is 6.80. The minimum atomic E-state index is -0.543. The number of allylic oxidation sites excluding steroid dienone is 1. The average Bonchev–Trinajstić information content (AvgIpc) is 2.69. The van der Waals surface area contributed by atoms with Crippen LogP contribution < -0.4 is 16.8 Å². The van der Waals surface area contributed by atoms with E-state index in [2.05, 4.69) is 18.5 Å². The zero-order valence-corrected chi connectivity index (χ0v) is 17.9. The van der Waals surface area contributed by atoms with E-state index >= 15 is 0 Å². The minimum Gasteiger partial charge on any atom is -0.384 e. The number of amides is 3. The highest BCUT2D eigenvalue weighted by molar-refractivity contribution is 5.83. The number of nitrogens with one attached hydrogen (secondary N) is 1. The van der Waals surface area contributed by atoms with Crippen LogP contribution in [0.1, 0.15) is 31.7 Å². The molecule has 0 saturated heterocycles. The monoisotopic (exact) mass is 427 g/mol. The zero-order valence-electron chi connectivity index (χ0n) is 17.9. The first kappa shape index (κ1) is 22.6. The van der Waals surface area contributed by atoms with E-state index in [9.17, 15) is 14.0 Å². The SMILES string of the molecule is C=C(CNC(C)C(N)=O)C1=C(N)N(Cc2ccc(F)cc2)C(=O)N(CC2CCC2)C1=C. The summed E-state index contributed by atoms with van der Waals surface area (Å²) in [7, 11) is 0. The standard InChI is InChI=1S/C23H30FN5O2/c1-14(11-27-15(2)22(26)30)20-16(3)28(12-17-5-4-6-17)23(31)29(21(20)25)13-18-7-9-19(24)10-8-18/h7-10,15,17,27H,1,3-6,11-13,25H2,2H3,(H2,26,30). The molecule has 1 aliphatic heterocycles. The Morgan fingerprint density at radius 3 is 2.48 bits per heavy atom. The van der Waals surface area contributed by atoms with Crippen LogP contribution in [0, 0.1) is 11.7 Å². The second-order valence-electron chi connectivity index (χ2n) is 8.22. The van der Waals surface area contributed by atoms with Crippen molar-refractivity contribution in [2.75, 3.05) is 13.1 Å². The van der Waals surface area contributed by atoms with E-state index in [-0.39, 0.29) is 30.8 Å². The van der Waals surface area contributed by atoms with Crippen LogP contribution in [-0.4, -0.2) is 40.9 Å². The molecule has 1 heterocycles. The predicted octanol–water partition coefficient (Wildman–Crippen LogP) is 2.57. The number of carbonyl (C=O) groups excluding carboxylic acids is 2. The van der Waals surface area contributed by atoms with Crippen LogP contribution in [0.2, 0.25) is 0 Å². The highest BCUT2D eigenvalue weighted by atomic mass is 19.1. The summed E-state index contributed by atoms with van der Waals surface area (Å²) in [5, 5.41) is 3.01. The molecule has 1 unspecified atom stereocenters. The molecule has 8 heteroatoms. The van der Waals surface area contributed by atoms with Crippen LogP contribution in [0.15, 0.2) is 60.1 Å². The van der Waals surface area contributed by atoms with Crippen molar-refractivity contribution in [2.24, 2.45) is 17.4 Å². The molecule has 1 aromatic rings. The zero-order chi connectivity index (χ0) is 22.7. The Morgan fingerprint density at radius 1 is 1.29 bits per heavy atom. The lowest BCUT2D eigenvalue weighted by Gasteiger charge is -2.42. The van der Waals surface area contributed by atoms with Gasteiger partial charge in [-0.15, -0.1) is 0 Å². The molecule has 3 rings (SSSR count). The Balaban J connectivity index is 1.89. The van der Waals surface area contributed by atoms with Crippen molar-refractivity contribution in [3.05, 3.63) is 71.5 Å². The van der Waals surface area contributed by atoms with E-state index in [4.69, 9.17) is 11.5 Å². The molecule has 1 fully saturated rings. The van der Waals surface area contributed by atoms with Gasteiger partial charge in [0.25, 0.3) is 0 Å². The first-order valence-corrected chi connectivity index (χ1v) is 10.4. The quantitative estimate of drug-likeness (QED) is 0.563. The van der Waals surface area contributed by atoms with Gasteiger partial charge in [-0.3, -0.25) is 14.6 Å². The summed E-state index contributed by atoms with van der Waals surface area (Å²) >= 11 is 0. The maximum Gasteiger partial charge on any atom is 0.330 e. The molecule has 3 amide bonds. The maximum absolute atomic E-state index is 13.3. The van der Waals surface area contributed by atoms with Gasteiger partial charge in [0, 0.05) is 24.4 Å². The van der Waals surface area contributed by atoms with Gasteiger partial charge >= 0.3 is 6.03 Å². The first-order valence-electron chi connectivity index (χ1n) is 10.4. The van der Waals surface area contributed by atoms with Gasteiger partial charge in [0.05, 0.1) is 12.6 Å². The normalized spacial score (nSPS) is 18.3. The number of nitrogens with two attached hydrogens (primary N) is 2. The number of rotatable bonds is 9. The third-order valence-electron chi connectivity index (χ3n) is 5.94. The summed E-state index contributed by atoms with van der Waals surface area (Å²) in [6, 6.07) is 5.15. The topological polar surface area (TPSA) is 105 Å². The third-order valence-corrected chi connectivity index (χ3v) is 5.94. The fraction of sp³-hybridized carbons (Fsp3) is 0.391. The van der Waals surface area contributed by atoms with Gasteiger partial charge in [-0.2, -0.15) is 0 Å². The number of nitrogens with zero attached hydrogens (tertiary/aromatic N) is 2. The Labute approximate surface area is 182 Å². The largest absolute Gasteiger partial charge is 0.384 e. The second-order valence-corrected chi connectivity index (χ2v) is 8.22. The molecule has 1 saturated carbocycles. The number of benzene rings is 1. The first-order chi connectivity index (χ1) is 14.7. The van der Waals surface area contributed by atoms with Crippen molar-refractivity contribution in [3.63, 3.8) is 0 Å². The van der Waals surface area contributed by atoms with Crippen molar-refractivity contribution in [3.8, 4) is 0 Å². The van der Waals surface area contributed by atoms with Crippen molar-refractivity contribution in [1.29, 1.82) is 0 Å². The van der Waals surface area contributed by atoms with E-state index in [1.807, 2.05) is 0 Å². The number of urea groups is 1. The van der Waals surface area contributed by atoms with Gasteiger partial charge in [0.15, 0.2) is 0 Å². The van der Waals surface area contributed by atoms with Gasteiger partial charge in [0.1, 0.15) is 11.6 Å². The lowest BCUT2D eigenvalue weighted by Crippen LogP contribution is -2.51. The fourth-order valence-electron chi connectivity index (χ4n) is 3.68. The summed E-state index contributed by atoms with van der Waals surface area (Å²) in [5.41, 5.74) is 14.2. The number of hydrogen-bond acceptors (Lipinski definition) is 4. The highest BCUT2D eigenvalue weighted by Crippen LogP contribution is 2.35. The van der Waals surface area contributed by atoms with Gasteiger partial charge in [0.2, 0.25) is 5.91 Å². The van der Waals surface area contributed by atoms with Crippen molar-refractivity contribution in [2.45, 2.75) is 38.8 Å². The number of primary amides is 1. The minimum absolute atomic E-state index is 0.196. The second kappa shape index (κ2) is 9.34. The molecule has 0 bridgehead atoms. The number of hydrogen-bond donors (Lipinski definition) is 3. The van der Waals surface area contributed by atoms with Crippen LogP contribution >= 0.6 is 0 Å². The molecule has 2 aliphatic rings. The molecule has 166 valence electrons. The number of halogens is 1. The van der Waals surface area contributed by atoms with Crippen LogP contribution in [0.25, 0.3) is 0 Å². The van der Waals surface area contributed by atoms with E-state index in [1.54, 1.807) is 24.0 Å². The molecule has 31 heavy (non-hydrogen) atoms. The Morgan fingerprint density at radius 2 is 1.94 bits per heavy atom. The molecule has 0 spiro atoms. The summed E-state index contributed by atoms with van der Waals surface area (Å²) in [5.74, 6) is -0.157. The van der Waals surface area contributed by atoms with E-state index in [0.717, 1.165) is 24.8 Å². The predicted molar refractivity (Wildman–Crippen MR) is 118 cm³/mol. The molecule has 1 atom stereocenters. The smallest absolute Gasteiger partial charge is 0.330 e. The molecule has 1 aromatic carbocycles. The molecular formula is C23H30FN5O2. The average molecular weight is 428 g/mol. The molecule has 7 nitrogen and oxygen atoms in total. The molecular weight excluding hydrogens is 397 g/mol. The lowest BCUT2D eigenvalue weighted by molar-refractivity contribution is -0.119. The molecule has 1 aliphatic carbocycles. The van der Waals surface area contributed by atoms with Crippen LogP contribution in [0.5, 0.6) is 0 Å². The van der Waals surface area contributed by atoms with Crippen molar-refractivity contribution < 1.29 is 14.0 Å². The van der Waals surface area contributed by atoms with Crippen LogP contribution in [0.3, 0.4) is 0 Å². The summed E-state index contributed by atoms with van der Waals surface area (Å²) in [6.45, 7) is 10.9. The lowest BCUT2D eigenvalue weighted by atomic mass is 9.84. The van der Waals surface area contributed by atoms with E-state index in [0.29, 0.717) is 29.3 Å². The van der Waals surface area contributed by atoms with Crippen molar-refractivity contribution >= 4 is 11.9 Å². The summed E-state index contributed by atoms with van der Waals surface area (Å²) in [6.07, 6.45) is 3.30. The van der Waals surface area contributed by atoms with Crippen molar-refractivity contribution in [1.82, 2.24) is 15.1 Å². The molecule has 0 radical (unpaired) electrons.